The van der Waals surface area contributed by atoms with Crippen LogP contribution in [0.2, 0.25) is 0 Å². The molecular formula is C28H36Cl2N4O2S. The summed E-state index contributed by atoms with van der Waals surface area (Å²) in [5.74, 6) is 0.478. The molecule has 1 saturated carbocycles. The molecule has 1 aromatic heterocycles. The third-order valence-electron chi connectivity index (χ3n) is 7.26. The van der Waals surface area contributed by atoms with Gasteiger partial charge in [0, 0.05) is 38.6 Å². The molecule has 1 aliphatic carbocycles. The zero-order valence-corrected chi connectivity index (χ0v) is 23.4. The van der Waals surface area contributed by atoms with Crippen molar-refractivity contribution in [1.82, 2.24) is 14.8 Å². The van der Waals surface area contributed by atoms with Crippen molar-refractivity contribution in [1.29, 1.82) is 0 Å². The lowest BCUT2D eigenvalue weighted by molar-refractivity contribution is 0.104. The van der Waals surface area contributed by atoms with Gasteiger partial charge in [0.05, 0.1) is 16.7 Å². The van der Waals surface area contributed by atoms with Crippen molar-refractivity contribution in [3.8, 4) is 0 Å². The van der Waals surface area contributed by atoms with Crippen molar-refractivity contribution in [3.63, 3.8) is 0 Å². The monoisotopic (exact) mass is 562 g/mol. The lowest BCUT2D eigenvalue weighted by atomic mass is 9.90. The Morgan fingerprint density at radius 1 is 0.919 bits per heavy atom. The van der Waals surface area contributed by atoms with Gasteiger partial charge < -0.3 is 5.11 Å². The SMILES string of the molecule is Cl.Cl.O=C(O)Nc1sc(C2CCCCC2)nc1CN1CCN(C(c2ccccc2)c2ccccc2)CC1. The first-order chi connectivity index (χ1) is 17.2. The van der Waals surface area contributed by atoms with Gasteiger partial charge in [0.15, 0.2) is 0 Å². The van der Waals surface area contributed by atoms with Crippen molar-refractivity contribution in [2.75, 3.05) is 31.5 Å². The van der Waals surface area contributed by atoms with E-state index in [9.17, 15) is 9.90 Å². The van der Waals surface area contributed by atoms with Crippen LogP contribution < -0.4 is 5.32 Å². The molecule has 0 unspecified atom stereocenters. The molecule has 1 amide bonds. The predicted octanol–water partition coefficient (Wildman–Crippen LogP) is 7.03. The molecule has 0 spiro atoms. The third-order valence-corrected chi connectivity index (χ3v) is 8.44. The summed E-state index contributed by atoms with van der Waals surface area (Å²) in [6, 6.07) is 21.7. The van der Waals surface area contributed by atoms with Crippen LogP contribution in [0.25, 0.3) is 0 Å². The van der Waals surface area contributed by atoms with Gasteiger partial charge in [-0.25, -0.2) is 9.78 Å². The average Bonchev–Trinajstić information content (AvgIpc) is 3.28. The number of nitrogens with one attached hydrogen (secondary N) is 1. The zero-order valence-electron chi connectivity index (χ0n) is 20.9. The van der Waals surface area contributed by atoms with Crippen LogP contribution in [-0.4, -0.2) is 52.2 Å². The summed E-state index contributed by atoms with van der Waals surface area (Å²) in [5.41, 5.74) is 3.52. The van der Waals surface area contributed by atoms with Crippen LogP contribution in [0.15, 0.2) is 60.7 Å². The quantitative estimate of drug-likeness (QED) is 0.323. The van der Waals surface area contributed by atoms with Crippen LogP contribution >= 0.6 is 36.2 Å². The number of amides is 1. The maximum atomic E-state index is 11.4. The number of rotatable bonds is 7. The van der Waals surface area contributed by atoms with Crippen LogP contribution in [-0.2, 0) is 6.54 Å². The first-order valence-electron chi connectivity index (χ1n) is 12.7. The van der Waals surface area contributed by atoms with Gasteiger partial charge in [-0.05, 0) is 24.0 Å². The third kappa shape index (κ3) is 7.45. The summed E-state index contributed by atoms with van der Waals surface area (Å²) in [7, 11) is 0. The summed E-state index contributed by atoms with van der Waals surface area (Å²) >= 11 is 1.54. The average molecular weight is 564 g/mol. The molecule has 5 rings (SSSR count). The van der Waals surface area contributed by atoms with E-state index in [0.717, 1.165) is 36.9 Å². The van der Waals surface area contributed by atoms with Gasteiger partial charge >= 0.3 is 6.09 Å². The van der Waals surface area contributed by atoms with Gasteiger partial charge in [-0.2, -0.15) is 0 Å². The molecule has 9 heteroatoms. The van der Waals surface area contributed by atoms with Crippen molar-refractivity contribution in [2.45, 2.75) is 50.6 Å². The molecule has 2 N–H and O–H groups in total. The summed E-state index contributed by atoms with van der Waals surface area (Å²) in [6.07, 6.45) is 5.10. The minimum atomic E-state index is -1.01. The number of carboxylic acid groups (broad SMARTS) is 1. The zero-order chi connectivity index (χ0) is 24.0. The molecule has 37 heavy (non-hydrogen) atoms. The highest BCUT2D eigenvalue weighted by atomic mass is 35.5. The highest BCUT2D eigenvalue weighted by molar-refractivity contribution is 7.16. The maximum Gasteiger partial charge on any atom is 0.409 e. The van der Waals surface area contributed by atoms with E-state index in [4.69, 9.17) is 4.98 Å². The Bertz CT molecular complexity index is 1060. The summed E-state index contributed by atoms with van der Waals surface area (Å²) in [6.45, 7) is 4.46. The van der Waals surface area contributed by atoms with E-state index in [1.54, 1.807) is 11.3 Å². The maximum absolute atomic E-state index is 11.4. The summed E-state index contributed by atoms with van der Waals surface area (Å²) < 4.78 is 0. The molecular weight excluding hydrogens is 527 g/mol. The molecule has 2 fully saturated rings. The smallest absolute Gasteiger partial charge is 0.409 e. The number of halogens is 2. The second-order valence-electron chi connectivity index (χ2n) is 9.63. The Morgan fingerprint density at radius 2 is 1.49 bits per heavy atom. The lowest BCUT2D eigenvalue weighted by Crippen LogP contribution is -2.47. The van der Waals surface area contributed by atoms with Crippen molar-refractivity contribution in [3.05, 3.63) is 82.5 Å². The normalized spacial score (nSPS) is 17.1. The fourth-order valence-electron chi connectivity index (χ4n) is 5.47. The molecule has 1 saturated heterocycles. The topological polar surface area (TPSA) is 68.7 Å². The summed E-state index contributed by atoms with van der Waals surface area (Å²) in [4.78, 5) is 21.4. The molecule has 200 valence electrons. The first-order valence-corrected chi connectivity index (χ1v) is 13.5. The second kappa shape index (κ2) is 14.1. The van der Waals surface area contributed by atoms with Gasteiger partial charge in [-0.15, -0.1) is 36.2 Å². The number of nitrogens with zero attached hydrogens (tertiary/aromatic N) is 3. The lowest BCUT2D eigenvalue weighted by Gasteiger charge is -2.39. The van der Waals surface area contributed by atoms with Crippen LogP contribution in [0.5, 0.6) is 0 Å². The van der Waals surface area contributed by atoms with E-state index in [1.165, 1.54) is 43.2 Å². The molecule has 0 radical (unpaired) electrons. The molecule has 2 heterocycles. The standard InChI is InChI=1S/C28H34N4O2S.2ClH/c33-28(34)30-27-24(29-26(35-27)23-14-8-3-9-15-23)20-31-16-18-32(19-17-31)25(21-10-4-1-5-11-21)22-12-6-2-7-13-22;;/h1-2,4-7,10-13,23,25,30H,3,8-9,14-20H2,(H,33,34);2*1H. The number of hydrogen-bond donors (Lipinski definition) is 2. The van der Waals surface area contributed by atoms with E-state index in [1.807, 2.05) is 0 Å². The molecule has 1 aliphatic heterocycles. The Kier molecular flexibility index (Phi) is 11.2. The fraction of sp³-hybridized carbons (Fsp3) is 0.429. The first kappa shape index (κ1) is 29.4. The van der Waals surface area contributed by atoms with Crippen molar-refractivity contribution >= 4 is 47.2 Å². The predicted molar refractivity (Wildman–Crippen MR) is 156 cm³/mol. The number of hydrogen-bond acceptors (Lipinski definition) is 5. The number of carbonyl (C=O) groups is 1. The summed E-state index contributed by atoms with van der Waals surface area (Å²) in [5, 5.41) is 13.8. The van der Waals surface area contributed by atoms with E-state index < -0.39 is 6.09 Å². The highest BCUT2D eigenvalue weighted by Crippen LogP contribution is 2.38. The molecule has 0 atom stereocenters. The molecule has 3 aromatic rings. The van der Waals surface area contributed by atoms with Gasteiger partial charge in [0.1, 0.15) is 5.00 Å². The minimum absolute atomic E-state index is 0. The molecule has 0 bridgehead atoms. The number of piperazine rings is 1. The van der Waals surface area contributed by atoms with E-state index >= 15 is 0 Å². The molecule has 6 nitrogen and oxygen atoms in total. The molecule has 2 aromatic carbocycles. The number of thiazole rings is 1. The van der Waals surface area contributed by atoms with Gasteiger partial charge in [0.25, 0.3) is 0 Å². The van der Waals surface area contributed by atoms with Crippen LogP contribution in [0.4, 0.5) is 9.80 Å². The Hall–Kier alpha value is -2.16. The Labute approximate surface area is 235 Å². The molecule has 2 aliphatic rings. The van der Waals surface area contributed by atoms with Crippen molar-refractivity contribution in [2.24, 2.45) is 0 Å². The van der Waals surface area contributed by atoms with E-state index in [2.05, 4.69) is 75.8 Å². The van der Waals surface area contributed by atoms with E-state index in [0.29, 0.717) is 17.5 Å². The number of benzene rings is 2. The van der Waals surface area contributed by atoms with Gasteiger partial charge in [0.2, 0.25) is 0 Å². The number of anilines is 1. The van der Waals surface area contributed by atoms with Gasteiger partial charge in [-0.1, -0.05) is 79.9 Å². The van der Waals surface area contributed by atoms with Crippen LogP contribution in [0, 0.1) is 0 Å². The van der Waals surface area contributed by atoms with Crippen LogP contribution in [0.1, 0.15) is 65.9 Å². The van der Waals surface area contributed by atoms with Gasteiger partial charge in [-0.3, -0.25) is 15.1 Å². The fourth-order valence-corrected chi connectivity index (χ4v) is 6.61. The largest absolute Gasteiger partial charge is 0.465 e. The second-order valence-corrected chi connectivity index (χ2v) is 10.7. The Balaban J connectivity index is 0.00000190. The van der Waals surface area contributed by atoms with Crippen LogP contribution in [0.3, 0.4) is 0 Å². The minimum Gasteiger partial charge on any atom is -0.465 e. The Morgan fingerprint density at radius 3 is 2.03 bits per heavy atom. The highest BCUT2D eigenvalue weighted by Gasteiger charge is 2.28. The van der Waals surface area contributed by atoms with E-state index in [-0.39, 0.29) is 30.9 Å². The van der Waals surface area contributed by atoms with Crippen molar-refractivity contribution < 1.29 is 9.90 Å². The number of aromatic nitrogens is 1.